The minimum atomic E-state index is -0.915. The minimum absolute atomic E-state index is 0.283. The number of esters is 2. The van der Waals surface area contributed by atoms with Crippen LogP contribution in [-0.4, -0.2) is 31.3 Å². The zero-order valence-electron chi connectivity index (χ0n) is 12.4. The second-order valence-electron chi connectivity index (χ2n) is 4.52. The van der Waals surface area contributed by atoms with Crippen molar-refractivity contribution < 1.29 is 23.8 Å². The molecule has 1 aromatic rings. The number of halogens is 2. The highest BCUT2D eigenvalue weighted by Gasteiger charge is 2.19. The van der Waals surface area contributed by atoms with Gasteiger partial charge in [0.25, 0.3) is 0 Å². The molecule has 1 atom stereocenters. The topological polar surface area (TPSA) is 61.8 Å². The Morgan fingerprint density at radius 1 is 1.23 bits per heavy atom. The summed E-state index contributed by atoms with van der Waals surface area (Å²) in [5, 5.41) is 0.744. The summed E-state index contributed by atoms with van der Waals surface area (Å²) >= 11 is 11.7. The zero-order chi connectivity index (χ0) is 16.5. The molecule has 0 heterocycles. The Kier molecular flexibility index (Phi) is 8.06. The summed E-state index contributed by atoms with van der Waals surface area (Å²) < 4.78 is 15.1. The van der Waals surface area contributed by atoms with Crippen molar-refractivity contribution in [2.75, 3.05) is 13.2 Å². The highest BCUT2D eigenvalue weighted by atomic mass is 35.5. The highest BCUT2D eigenvalue weighted by Crippen LogP contribution is 2.28. The van der Waals surface area contributed by atoms with Crippen LogP contribution >= 0.6 is 23.2 Å². The summed E-state index contributed by atoms with van der Waals surface area (Å²) in [6.45, 7) is 3.36. The van der Waals surface area contributed by atoms with Gasteiger partial charge < -0.3 is 14.2 Å². The first kappa shape index (κ1) is 18.6. The van der Waals surface area contributed by atoms with Crippen LogP contribution in [-0.2, 0) is 19.1 Å². The standard InChI is InChI=1S/C15H18Cl2O5/c1-3-4-7-20-14(18)9-21-15(19)10(2)22-13-6-5-11(16)8-12(13)17/h5-6,8,10H,3-4,7,9H2,1-2H3. The van der Waals surface area contributed by atoms with Gasteiger partial charge in [-0.05, 0) is 31.5 Å². The van der Waals surface area contributed by atoms with Crippen molar-refractivity contribution in [2.45, 2.75) is 32.8 Å². The third-order valence-corrected chi connectivity index (χ3v) is 3.15. The minimum Gasteiger partial charge on any atom is -0.477 e. The molecule has 5 nitrogen and oxygen atoms in total. The Hall–Kier alpha value is -1.46. The molecule has 0 radical (unpaired) electrons. The molecule has 7 heteroatoms. The lowest BCUT2D eigenvalue weighted by atomic mass is 10.3. The van der Waals surface area contributed by atoms with Crippen molar-refractivity contribution in [3.05, 3.63) is 28.2 Å². The molecule has 0 saturated carbocycles. The molecule has 1 rings (SSSR count). The third kappa shape index (κ3) is 6.54. The van der Waals surface area contributed by atoms with Crippen LogP contribution in [0.25, 0.3) is 0 Å². The molecule has 0 fully saturated rings. The van der Waals surface area contributed by atoms with E-state index in [1.807, 2.05) is 6.92 Å². The van der Waals surface area contributed by atoms with Gasteiger partial charge >= 0.3 is 11.9 Å². The Morgan fingerprint density at radius 2 is 1.95 bits per heavy atom. The van der Waals surface area contributed by atoms with Crippen LogP contribution in [0.2, 0.25) is 10.0 Å². The van der Waals surface area contributed by atoms with Gasteiger partial charge in [0.05, 0.1) is 11.6 Å². The van der Waals surface area contributed by atoms with Gasteiger partial charge in [-0.15, -0.1) is 0 Å². The number of carbonyl (C=O) groups is 2. The molecule has 0 saturated heterocycles. The van der Waals surface area contributed by atoms with Crippen LogP contribution in [0.4, 0.5) is 0 Å². The first-order chi connectivity index (χ1) is 10.4. The molecular formula is C15H18Cl2O5. The smallest absolute Gasteiger partial charge is 0.347 e. The van der Waals surface area contributed by atoms with Gasteiger partial charge in [-0.3, -0.25) is 0 Å². The SMILES string of the molecule is CCCCOC(=O)COC(=O)C(C)Oc1ccc(Cl)cc1Cl. The van der Waals surface area contributed by atoms with Gasteiger partial charge in [0, 0.05) is 5.02 Å². The molecule has 0 aliphatic rings. The van der Waals surface area contributed by atoms with Crippen molar-refractivity contribution in [2.24, 2.45) is 0 Å². The summed E-state index contributed by atoms with van der Waals surface area (Å²) in [7, 11) is 0. The van der Waals surface area contributed by atoms with E-state index in [0.29, 0.717) is 17.4 Å². The van der Waals surface area contributed by atoms with Crippen molar-refractivity contribution in [3.8, 4) is 5.75 Å². The largest absolute Gasteiger partial charge is 0.477 e. The Morgan fingerprint density at radius 3 is 2.59 bits per heavy atom. The molecule has 0 bridgehead atoms. The first-order valence-electron chi connectivity index (χ1n) is 6.88. The highest BCUT2D eigenvalue weighted by molar-refractivity contribution is 6.35. The monoisotopic (exact) mass is 348 g/mol. The number of hydrogen-bond acceptors (Lipinski definition) is 5. The van der Waals surface area contributed by atoms with Crippen molar-refractivity contribution >= 4 is 35.1 Å². The van der Waals surface area contributed by atoms with E-state index in [-0.39, 0.29) is 5.02 Å². The summed E-state index contributed by atoms with van der Waals surface area (Å²) in [6, 6.07) is 4.64. The summed E-state index contributed by atoms with van der Waals surface area (Å²) in [5.74, 6) is -0.960. The fraction of sp³-hybridized carbons (Fsp3) is 0.467. The van der Waals surface area contributed by atoms with Gasteiger partial charge in [-0.2, -0.15) is 0 Å². The van der Waals surface area contributed by atoms with Gasteiger partial charge in [0.1, 0.15) is 5.75 Å². The fourth-order valence-corrected chi connectivity index (χ4v) is 1.88. The lowest BCUT2D eigenvalue weighted by Gasteiger charge is -2.14. The quantitative estimate of drug-likeness (QED) is 0.530. The fourth-order valence-electron chi connectivity index (χ4n) is 1.43. The summed E-state index contributed by atoms with van der Waals surface area (Å²) in [4.78, 5) is 23.1. The molecule has 0 aromatic heterocycles. The average molecular weight is 349 g/mol. The van der Waals surface area contributed by atoms with Gasteiger partial charge in [-0.1, -0.05) is 36.5 Å². The van der Waals surface area contributed by atoms with Crippen LogP contribution in [0.3, 0.4) is 0 Å². The number of rotatable bonds is 8. The summed E-state index contributed by atoms with van der Waals surface area (Å²) in [6.07, 6.45) is 0.774. The molecule has 0 aliphatic carbocycles. The molecule has 0 aliphatic heterocycles. The van der Waals surface area contributed by atoms with Crippen molar-refractivity contribution in [3.63, 3.8) is 0 Å². The van der Waals surface area contributed by atoms with E-state index >= 15 is 0 Å². The van der Waals surface area contributed by atoms with Crippen LogP contribution in [0, 0.1) is 0 Å². The van der Waals surface area contributed by atoms with E-state index in [4.69, 9.17) is 37.4 Å². The van der Waals surface area contributed by atoms with Gasteiger partial charge in [-0.25, -0.2) is 9.59 Å². The van der Waals surface area contributed by atoms with E-state index in [1.54, 1.807) is 12.1 Å². The Bertz CT molecular complexity index is 519. The maximum absolute atomic E-state index is 11.7. The van der Waals surface area contributed by atoms with Crippen molar-refractivity contribution in [1.29, 1.82) is 0 Å². The van der Waals surface area contributed by atoms with Gasteiger partial charge in [0.15, 0.2) is 12.7 Å². The van der Waals surface area contributed by atoms with Gasteiger partial charge in [0.2, 0.25) is 0 Å². The molecule has 0 N–H and O–H groups in total. The molecule has 122 valence electrons. The second kappa shape index (κ2) is 9.54. The predicted molar refractivity (Wildman–Crippen MR) is 83.4 cm³/mol. The number of ether oxygens (including phenoxy) is 3. The van der Waals surface area contributed by atoms with E-state index in [9.17, 15) is 9.59 Å². The lowest BCUT2D eigenvalue weighted by Crippen LogP contribution is -2.28. The maximum atomic E-state index is 11.7. The van der Waals surface area contributed by atoms with Crippen LogP contribution < -0.4 is 4.74 Å². The zero-order valence-corrected chi connectivity index (χ0v) is 13.9. The van der Waals surface area contributed by atoms with Crippen molar-refractivity contribution in [1.82, 2.24) is 0 Å². The molecule has 22 heavy (non-hydrogen) atoms. The second-order valence-corrected chi connectivity index (χ2v) is 5.36. The predicted octanol–water partition coefficient (Wildman–Crippen LogP) is 3.65. The lowest BCUT2D eigenvalue weighted by molar-refractivity contribution is -0.162. The maximum Gasteiger partial charge on any atom is 0.347 e. The Balaban J connectivity index is 2.40. The molecule has 1 unspecified atom stereocenters. The first-order valence-corrected chi connectivity index (χ1v) is 7.63. The molecule has 0 spiro atoms. The molecule has 0 amide bonds. The molecular weight excluding hydrogens is 331 g/mol. The van der Waals surface area contributed by atoms with E-state index in [1.165, 1.54) is 13.0 Å². The molecule has 1 aromatic carbocycles. The van der Waals surface area contributed by atoms with Crippen LogP contribution in [0.1, 0.15) is 26.7 Å². The normalized spacial score (nSPS) is 11.6. The third-order valence-electron chi connectivity index (χ3n) is 2.62. The summed E-state index contributed by atoms with van der Waals surface area (Å²) in [5.41, 5.74) is 0. The number of hydrogen-bond donors (Lipinski definition) is 0. The number of benzene rings is 1. The number of carbonyl (C=O) groups excluding carboxylic acids is 2. The van der Waals surface area contributed by atoms with Crippen LogP contribution in [0.5, 0.6) is 5.75 Å². The van der Waals surface area contributed by atoms with E-state index in [0.717, 1.165) is 12.8 Å². The van der Waals surface area contributed by atoms with Crippen LogP contribution in [0.15, 0.2) is 18.2 Å². The van der Waals surface area contributed by atoms with E-state index < -0.39 is 24.6 Å². The number of unbranched alkanes of at least 4 members (excludes halogenated alkanes) is 1. The van der Waals surface area contributed by atoms with E-state index in [2.05, 4.69) is 0 Å². The average Bonchev–Trinajstić information content (AvgIpc) is 2.47. The Labute approximate surface area is 139 Å².